The highest BCUT2D eigenvalue weighted by Gasteiger charge is 2.32. The highest BCUT2D eigenvalue weighted by atomic mass is 19.1. The van der Waals surface area contributed by atoms with Crippen molar-refractivity contribution in [1.29, 1.82) is 0 Å². The number of rotatable bonds is 1. The Balaban J connectivity index is 1.99. The lowest BCUT2D eigenvalue weighted by Gasteiger charge is -2.32. The van der Waals surface area contributed by atoms with Gasteiger partial charge in [-0.2, -0.15) is 5.10 Å². The third-order valence-electron chi connectivity index (χ3n) is 4.30. The number of allylic oxidation sites excluding steroid dienone is 1. The summed E-state index contributed by atoms with van der Waals surface area (Å²) in [6.07, 6.45) is 3.01. The third kappa shape index (κ3) is 2.50. The number of fused-ring (bicyclic) bond motifs is 2. The Morgan fingerprint density at radius 2 is 1.96 bits per heavy atom. The molecule has 3 N–H and O–H groups in total. The molecule has 0 atom stereocenters. The molecule has 0 spiro atoms. The molecule has 0 amide bonds. The highest BCUT2D eigenvalue weighted by Crippen LogP contribution is 2.34. The lowest BCUT2D eigenvalue weighted by Crippen LogP contribution is -2.43. The van der Waals surface area contributed by atoms with Crippen molar-refractivity contribution >= 4 is 23.2 Å². The first-order valence-corrected chi connectivity index (χ1v) is 7.94. The molecule has 2 aliphatic rings. The highest BCUT2D eigenvalue weighted by molar-refractivity contribution is 6.17. The molecule has 0 bridgehead atoms. The third-order valence-corrected chi connectivity index (χ3v) is 4.30. The predicted octanol–water partition coefficient (Wildman–Crippen LogP) is 3.14. The number of hydrogen-bond donors (Lipinski definition) is 2. The van der Waals surface area contributed by atoms with E-state index in [-0.39, 0.29) is 11.4 Å². The summed E-state index contributed by atoms with van der Waals surface area (Å²) < 4.78 is 28.9. The van der Waals surface area contributed by atoms with Gasteiger partial charge in [-0.05, 0) is 31.9 Å². The van der Waals surface area contributed by atoms with Gasteiger partial charge in [-0.1, -0.05) is 6.07 Å². The number of aliphatic imine (C=N–C) groups is 2. The lowest BCUT2D eigenvalue weighted by molar-refractivity contribution is 0.528. The minimum atomic E-state index is -0.675. The number of nitrogens with two attached hydrogens (primary N) is 1. The van der Waals surface area contributed by atoms with Gasteiger partial charge < -0.3 is 10.6 Å². The quantitative estimate of drug-likeness (QED) is 0.835. The van der Waals surface area contributed by atoms with Crippen molar-refractivity contribution in [2.75, 3.05) is 6.54 Å². The molecule has 25 heavy (non-hydrogen) atoms. The molecule has 2 aromatic rings. The van der Waals surface area contributed by atoms with Crippen LogP contribution in [-0.2, 0) is 0 Å². The summed E-state index contributed by atoms with van der Waals surface area (Å²) in [4.78, 5) is 10.8. The van der Waals surface area contributed by atoms with Crippen molar-refractivity contribution in [2.45, 2.75) is 19.8 Å². The van der Waals surface area contributed by atoms with Crippen LogP contribution >= 0.6 is 0 Å². The largest absolute Gasteiger partial charge is 0.402 e. The molecular weight excluding hydrogens is 326 g/mol. The zero-order valence-corrected chi connectivity index (χ0v) is 13.6. The van der Waals surface area contributed by atoms with Gasteiger partial charge in [-0.3, -0.25) is 5.10 Å². The van der Waals surface area contributed by atoms with E-state index in [1.54, 1.807) is 11.8 Å². The topological polar surface area (TPSA) is 82.7 Å². The van der Waals surface area contributed by atoms with E-state index in [1.165, 1.54) is 24.4 Å². The molecule has 2 aliphatic heterocycles. The number of nitrogens with one attached hydrogen (secondary N) is 1. The second kappa shape index (κ2) is 5.80. The Labute approximate surface area is 142 Å². The molecule has 3 heterocycles. The number of halogens is 2. The smallest absolute Gasteiger partial charge is 0.176 e. The zero-order chi connectivity index (χ0) is 17.6. The molecule has 0 saturated carbocycles. The molecule has 8 heteroatoms. The van der Waals surface area contributed by atoms with E-state index in [1.807, 2.05) is 0 Å². The van der Waals surface area contributed by atoms with Gasteiger partial charge in [0.15, 0.2) is 5.82 Å². The standard InChI is InChI=1S/C17H16F2N6/c1-9(20)10-4-3-7-25-16(10)23-15-13(8-21-24-15)22-17(25)14-11(18)5-2-6-12(14)19/h2,5-6,8H,3-4,7,20H2,1H3,(H,21,24). The van der Waals surface area contributed by atoms with Crippen molar-refractivity contribution in [3.05, 3.63) is 52.9 Å². The van der Waals surface area contributed by atoms with Crippen LogP contribution < -0.4 is 5.73 Å². The predicted molar refractivity (Wildman–Crippen MR) is 91.1 cm³/mol. The minimum Gasteiger partial charge on any atom is -0.402 e. The molecule has 0 radical (unpaired) electrons. The van der Waals surface area contributed by atoms with Crippen LogP contribution in [0.3, 0.4) is 0 Å². The average molecular weight is 342 g/mol. The molecule has 128 valence electrons. The minimum absolute atomic E-state index is 0.174. The van der Waals surface area contributed by atoms with E-state index in [0.717, 1.165) is 18.4 Å². The van der Waals surface area contributed by atoms with Crippen molar-refractivity contribution in [3.63, 3.8) is 0 Å². The van der Waals surface area contributed by atoms with Crippen molar-refractivity contribution < 1.29 is 8.78 Å². The summed E-state index contributed by atoms with van der Waals surface area (Å²) in [5.74, 6) is -0.188. The number of hydrogen-bond acceptors (Lipinski definition) is 5. The number of piperidine rings is 1. The van der Waals surface area contributed by atoms with Crippen LogP contribution in [0.5, 0.6) is 0 Å². The summed E-state index contributed by atoms with van der Waals surface area (Å²) >= 11 is 0. The number of aromatic nitrogens is 2. The van der Waals surface area contributed by atoms with E-state index in [4.69, 9.17) is 5.73 Å². The van der Waals surface area contributed by atoms with Crippen LogP contribution in [0.25, 0.3) is 0 Å². The summed E-state index contributed by atoms with van der Waals surface area (Å²) in [7, 11) is 0. The first kappa shape index (κ1) is 15.5. The van der Waals surface area contributed by atoms with E-state index in [9.17, 15) is 8.78 Å². The maximum Gasteiger partial charge on any atom is 0.176 e. The number of amidine groups is 2. The maximum absolute atomic E-state index is 14.4. The van der Waals surface area contributed by atoms with Crippen LogP contribution in [0.1, 0.15) is 25.3 Å². The van der Waals surface area contributed by atoms with Crippen LogP contribution in [0.2, 0.25) is 0 Å². The van der Waals surface area contributed by atoms with E-state index < -0.39 is 11.6 Å². The van der Waals surface area contributed by atoms with Crippen molar-refractivity contribution in [1.82, 2.24) is 15.1 Å². The van der Waals surface area contributed by atoms with Gasteiger partial charge in [0.05, 0.1) is 11.8 Å². The van der Waals surface area contributed by atoms with Gasteiger partial charge in [0.1, 0.15) is 29.0 Å². The second-order valence-electron chi connectivity index (χ2n) is 5.99. The fourth-order valence-corrected chi connectivity index (χ4v) is 3.12. The Kier molecular flexibility index (Phi) is 3.60. The summed E-state index contributed by atoms with van der Waals surface area (Å²) in [6.45, 7) is 2.33. The monoisotopic (exact) mass is 342 g/mol. The van der Waals surface area contributed by atoms with Gasteiger partial charge in [-0.15, -0.1) is 0 Å². The van der Waals surface area contributed by atoms with Gasteiger partial charge in [0.2, 0.25) is 0 Å². The molecule has 0 unspecified atom stereocenters. The fourth-order valence-electron chi connectivity index (χ4n) is 3.12. The average Bonchev–Trinajstić information content (AvgIpc) is 2.94. The van der Waals surface area contributed by atoms with Crippen LogP contribution in [-0.4, -0.2) is 33.3 Å². The second-order valence-corrected chi connectivity index (χ2v) is 5.99. The number of nitrogens with zero attached hydrogens (tertiary/aromatic N) is 4. The fraction of sp³-hybridized carbons (Fsp3) is 0.235. The SMILES string of the molecule is CC(N)=C1CCCN2C1=Nc1[nH]ncc1N=C2c1c(F)cccc1F. The Hall–Kier alpha value is -3.03. The van der Waals surface area contributed by atoms with Crippen molar-refractivity contribution in [2.24, 2.45) is 15.7 Å². The van der Waals surface area contributed by atoms with Gasteiger partial charge in [-0.25, -0.2) is 18.8 Å². The number of benzene rings is 1. The number of aromatic amines is 1. The molecule has 1 saturated heterocycles. The molecule has 6 nitrogen and oxygen atoms in total. The summed E-state index contributed by atoms with van der Waals surface area (Å²) in [6, 6.07) is 3.76. The molecular formula is C17H16F2N6. The van der Waals surface area contributed by atoms with Gasteiger partial charge in [0.25, 0.3) is 0 Å². The van der Waals surface area contributed by atoms with Crippen LogP contribution in [0.15, 0.2) is 45.7 Å². The van der Waals surface area contributed by atoms with Crippen LogP contribution in [0.4, 0.5) is 20.3 Å². The van der Waals surface area contributed by atoms with E-state index in [2.05, 4.69) is 20.2 Å². The van der Waals surface area contributed by atoms with Gasteiger partial charge >= 0.3 is 0 Å². The normalized spacial score (nSPS) is 18.8. The Bertz CT molecular complexity index is 916. The van der Waals surface area contributed by atoms with E-state index >= 15 is 0 Å². The molecule has 4 rings (SSSR count). The summed E-state index contributed by atoms with van der Waals surface area (Å²) in [5, 5.41) is 6.70. The number of H-pyrrole nitrogens is 1. The molecule has 1 fully saturated rings. The first-order valence-electron chi connectivity index (χ1n) is 7.94. The molecule has 1 aromatic heterocycles. The Morgan fingerprint density at radius 1 is 1.20 bits per heavy atom. The lowest BCUT2D eigenvalue weighted by atomic mass is 10.00. The zero-order valence-electron chi connectivity index (χ0n) is 13.6. The molecule has 1 aromatic carbocycles. The van der Waals surface area contributed by atoms with Crippen LogP contribution in [0, 0.1) is 11.6 Å². The Morgan fingerprint density at radius 3 is 2.68 bits per heavy atom. The first-order chi connectivity index (χ1) is 12.1. The van der Waals surface area contributed by atoms with Crippen molar-refractivity contribution in [3.8, 4) is 0 Å². The van der Waals surface area contributed by atoms with E-state index in [0.29, 0.717) is 29.6 Å². The van der Waals surface area contributed by atoms with Gasteiger partial charge in [0, 0.05) is 17.8 Å². The molecule has 0 aliphatic carbocycles. The summed E-state index contributed by atoms with van der Waals surface area (Å²) in [5.41, 5.74) is 7.74. The maximum atomic E-state index is 14.4.